The highest BCUT2D eigenvalue weighted by Gasteiger charge is 2.06. The van der Waals surface area contributed by atoms with Crippen molar-refractivity contribution >= 4 is 11.3 Å². The van der Waals surface area contributed by atoms with Gasteiger partial charge in [-0.25, -0.2) is 4.98 Å². The van der Waals surface area contributed by atoms with Crippen molar-refractivity contribution in [2.75, 3.05) is 13.2 Å². The van der Waals surface area contributed by atoms with Crippen LogP contribution in [0.5, 0.6) is 0 Å². The summed E-state index contributed by atoms with van der Waals surface area (Å²) in [7, 11) is 0. The molecule has 0 amide bonds. The highest BCUT2D eigenvalue weighted by atomic mass is 32.1. The molecule has 0 atom stereocenters. The molecule has 17 heavy (non-hydrogen) atoms. The molecule has 0 radical (unpaired) electrons. The Morgan fingerprint density at radius 2 is 2.41 bits per heavy atom. The van der Waals surface area contributed by atoms with E-state index in [0.717, 1.165) is 29.4 Å². The first-order valence-corrected chi connectivity index (χ1v) is 6.46. The van der Waals surface area contributed by atoms with Crippen LogP contribution >= 0.6 is 11.3 Å². The quantitative estimate of drug-likeness (QED) is 0.791. The first-order chi connectivity index (χ1) is 8.33. The molecule has 2 heterocycles. The predicted molar refractivity (Wildman–Crippen MR) is 67.7 cm³/mol. The molecule has 0 aliphatic carbocycles. The van der Waals surface area contributed by atoms with Gasteiger partial charge >= 0.3 is 0 Å². The van der Waals surface area contributed by atoms with Crippen LogP contribution in [0.15, 0.2) is 17.8 Å². The van der Waals surface area contributed by atoms with E-state index in [9.17, 15) is 0 Å². The molecule has 0 fully saturated rings. The minimum Gasteiger partial charge on any atom is -0.380 e. The van der Waals surface area contributed by atoms with E-state index in [-0.39, 0.29) is 0 Å². The van der Waals surface area contributed by atoms with Crippen LogP contribution in [0.2, 0.25) is 0 Å². The van der Waals surface area contributed by atoms with E-state index in [1.165, 1.54) is 0 Å². The topological polar surface area (TPSA) is 66.0 Å². The number of hydrogen-bond acceptors (Lipinski definition) is 5. The maximum Gasteiger partial charge on any atom is 0.126 e. The second-order valence-corrected chi connectivity index (χ2v) is 4.40. The fraction of sp³-hybridized carbons (Fsp3) is 0.455. The number of thiazole rings is 1. The van der Waals surface area contributed by atoms with Gasteiger partial charge in [-0.3, -0.25) is 4.68 Å². The molecule has 0 aromatic carbocycles. The van der Waals surface area contributed by atoms with Crippen molar-refractivity contribution in [3.05, 3.63) is 23.5 Å². The summed E-state index contributed by atoms with van der Waals surface area (Å²) < 4.78 is 7.15. The number of nitrogens with two attached hydrogens (primary N) is 1. The van der Waals surface area contributed by atoms with Gasteiger partial charge in [0.2, 0.25) is 0 Å². The molecular weight excluding hydrogens is 236 g/mol. The van der Waals surface area contributed by atoms with E-state index >= 15 is 0 Å². The van der Waals surface area contributed by atoms with Crippen LogP contribution in [0.3, 0.4) is 0 Å². The molecule has 2 rings (SSSR count). The van der Waals surface area contributed by atoms with E-state index in [1.807, 2.05) is 29.4 Å². The van der Waals surface area contributed by atoms with Crippen molar-refractivity contribution in [3.8, 4) is 10.6 Å². The van der Waals surface area contributed by atoms with Crippen LogP contribution < -0.4 is 5.73 Å². The van der Waals surface area contributed by atoms with Gasteiger partial charge in [0.15, 0.2) is 0 Å². The SMILES string of the molecule is CCOCCn1cc(-c2nc(CN)cs2)cn1. The van der Waals surface area contributed by atoms with Crippen LogP contribution in [0.4, 0.5) is 0 Å². The van der Waals surface area contributed by atoms with E-state index in [1.54, 1.807) is 11.3 Å². The first kappa shape index (κ1) is 12.2. The average molecular weight is 252 g/mol. The van der Waals surface area contributed by atoms with E-state index in [0.29, 0.717) is 13.2 Å². The lowest BCUT2D eigenvalue weighted by atomic mass is 10.4. The van der Waals surface area contributed by atoms with Gasteiger partial charge in [0, 0.05) is 30.3 Å². The number of aromatic nitrogens is 3. The molecule has 0 saturated heterocycles. The van der Waals surface area contributed by atoms with Crippen molar-refractivity contribution in [2.45, 2.75) is 20.0 Å². The highest BCUT2D eigenvalue weighted by molar-refractivity contribution is 7.13. The standard InChI is InChI=1S/C11H16N4OS/c1-2-16-4-3-15-7-9(6-13-15)11-14-10(5-12)8-17-11/h6-8H,2-5,12H2,1H3. The molecular formula is C11H16N4OS. The van der Waals surface area contributed by atoms with Crippen LogP contribution in [0.25, 0.3) is 10.6 Å². The third-order valence-electron chi connectivity index (χ3n) is 2.31. The molecule has 0 aliphatic rings. The molecule has 0 unspecified atom stereocenters. The summed E-state index contributed by atoms with van der Waals surface area (Å²) in [6, 6.07) is 0. The Balaban J connectivity index is 2.02. The normalized spacial score (nSPS) is 10.9. The van der Waals surface area contributed by atoms with Crippen molar-refractivity contribution in [2.24, 2.45) is 5.73 Å². The molecule has 0 spiro atoms. The fourth-order valence-electron chi connectivity index (χ4n) is 1.43. The lowest BCUT2D eigenvalue weighted by Gasteiger charge is -2.00. The Morgan fingerprint density at radius 3 is 3.12 bits per heavy atom. The highest BCUT2D eigenvalue weighted by Crippen LogP contribution is 2.22. The Labute approximate surface area is 104 Å². The summed E-state index contributed by atoms with van der Waals surface area (Å²) in [4.78, 5) is 4.42. The summed E-state index contributed by atoms with van der Waals surface area (Å²) in [6.45, 7) is 4.65. The van der Waals surface area contributed by atoms with Crippen molar-refractivity contribution in [3.63, 3.8) is 0 Å². The maximum absolute atomic E-state index is 5.53. The molecule has 5 nitrogen and oxygen atoms in total. The van der Waals surface area contributed by atoms with Gasteiger partial charge in [0.05, 0.1) is 25.0 Å². The smallest absolute Gasteiger partial charge is 0.126 e. The number of hydrogen-bond donors (Lipinski definition) is 1. The zero-order chi connectivity index (χ0) is 12.1. The summed E-state index contributed by atoms with van der Waals surface area (Å²) in [5.74, 6) is 0. The van der Waals surface area contributed by atoms with Gasteiger partial charge in [0.25, 0.3) is 0 Å². The van der Waals surface area contributed by atoms with Gasteiger partial charge in [0.1, 0.15) is 5.01 Å². The summed E-state index contributed by atoms with van der Waals surface area (Å²) in [5.41, 5.74) is 7.49. The summed E-state index contributed by atoms with van der Waals surface area (Å²) in [6.07, 6.45) is 3.81. The van der Waals surface area contributed by atoms with Gasteiger partial charge < -0.3 is 10.5 Å². The Hall–Kier alpha value is -1.24. The van der Waals surface area contributed by atoms with Crippen LogP contribution in [0.1, 0.15) is 12.6 Å². The Kier molecular flexibility index (Phi) is 4.24. The lowest BCUT2D eigenvalue weighted by Crippen LogP contribution is -2.05. The molecule has 2 N–H and O–H groups in total. The van der Waals surface area contributed by atoms with Crippen LogP contribution in [0, 0.1) is 0 Å². The Bertz CT molecular complexity index is 465. The third kappa shape index (κ3) is 3.12. The molecule has 6 heteroatoms. The van der Waals surface area contributed by atoms with E-state index in [2.05, 4.69) is 10.1 Å². The lowest BCUT2D eigenvalue weighted by molar-refractivity contribution is 0.136. The summed E-state index contributed by atoms with van der Waals surface area (Å²) >= 11 is 1.59. The number of nitrogens with zero attached hydrogens (tertiary/aromatic N) is 3. The Morgan fingerprint density at radius 1 is 1.53 bits per heavy atom. The van der Waals surface area contributed by atoms with Crippen LogP contribution in [-0.4, -0.2) is 28.0 Å². The summed E-state index contributed by atoms with van der Waals surface area (Å²) in [5, 5.41) is 7.22. The van der Waals surface area contributed by atoms with Gasteiger partial charge in [-0.05, 0) is 6.92 Å². The van der Waals surface area contributed by atoms with Gasteiger partial charge in [-0.15, -0.1) is 11.3 Å². The van der Waals surface area contributed by atoms with E-state index < -0.39 is 0 Å². The van der Waals surface area contributed by atoms with Crippen molar-refractivity contribution < 1.29 is 4.74 Å². The average Bonchev–Trinajstić information content (AvgIpc) is 2.97. The maximum atomic E-state index is 5.53. The zero-order valence-corrected chi connectivity index (χ0v) is 10.6. The monoisotopic (exact) mass is 252 g/mol. The van der Waals surface area contributed by atoms with Crippen LogP contribution in [-0.2, 0) is 17.8 Å². The second-order valence-electron chi connectivity index (χ2n) is 3.54. The van der Waals surface area contributed by atoms with Gasteiger partial charge in [-0.1, -0.05) is 0 Å². The molecule has 0 saturated carbocycles. The fourth-order valence-corrected chi connectivity index (χ4v) is 2.24. The van der Waals surface area contributed by atoms with E-state index in [4.69, 9.17) is 10.5 Å². The predicted octanol–water partition coefficient (Wildman–Crippen LogP) is 1.50. The largest absolute Gasteiger partial charge is 0.380 e. The molecule has 2 aromatic heterocycles. The molecule has 0 aliphatic heterocycles. The molecule has 2 aromatic rings. The number of ether oxygens (including phenoxy) is 1. The number of rotatable bonds is 6. The zero-order valence-electron chi connectivity index (χ0n) is 9.80. The molecule has 0 bridgehead atoms. The van der Waals surface area contributed by atoms with Gasteiger partial charge in [-0.2, -0.15) is 5.10 Å². The first-order valence-electron chi connectivity index (χ1n) is 5.58. The minimum absolute atomic E-state index is 0.481. The van der Waals surface area contributed by atoms with Crippen molar-refractivity contribution in [1.29, 1.82) is 0 Å². The molecule has 92 valence electrons. The second kappa shape index (κ2) is 5.90. The minimum atomic E-state index is 0.481. The van der Waals surface area contributed by atoms with Crippen molar-refractivity contribution in [1.82, 2.24) is 14.8 Å². The third-order valence-corrected chi connectivity index (χ3v) is 3.25.